The number of rotatable bonds is 7. The van der Waals surface area contributed by atoms with Crippen molar-refractivity contribution in [1.82, 2.24) is 10.2 Å². The van der Waals surface area contributed by atoms with Crippen LogP contribution in [0.3, 0.4) is 0 Å². The summed E-state index contributed by atoms with van der Waals surface area (Å²) in [4.78, 5) is 14.7. The zero-order valence-electron chi connectivity index (χ0n) is 14.3. The van der Waals surface area contributed by atoms with Gasteiger partial charge in [0.1, 0.15) is 0 Å². The molecule has 1 aliphatic heterocycles. The number of fused-ring (bicyclic) bond motifs is 1. The van der Waals surface area contributed by atoms with Crippen LogP contribution in [0.15, 0.2) is 18.2 Å². The summed E-state index contributed by atoms with van der Waals surface area (Å²) in [6, 6.07) is 5.69. The largest absolute Gasteiger partial charge is 0.398 e. The molecule has 0 aromatic heterocycles. The number of nitrogens with one attached hydrogen (secondary N) is 1. The fourth-order valence-corrected chi connectivity index (χ4v) is 3.66. The maximum atomic E-state index is 12.2. The molecule has 2 aliphatic rings. The molecule has 1 heterocycles. The first-order valence-corrected chi connectivity index (χ1v) is 9.12. The third kappa shape index (κ3) is 4.47. The summed E-state index contributed by atoms with van der Waals surface area (Å²) in [6.45, 7) is 3.36. The molecule has 132 valence electrons. The summed E-state index contributed by atoms with van der Waals surface area (Å²) in [5, 5.41) is 2.72. The maximum Gasteiger partial charge on any atom is 0.253 e. The summed E-state index contributed by atoms with van der Waals surface area (Å²) in [7, 11) is 0. The lowest BCUT2D eigenvalue weighted by molar-refractivity contribution is 0.0953. The highest BCUT2D eigenvalue weighted by Crippen LogP contribution is 2.45. The van der Waals surface area contributed by atoms with Gasteiger partial charge in [0.2, 0.25) is 0 Å². The van der Waals surface area contributed by atoms with Crippen molar-refractivity contribution < 1.29 is 9.18 Å². The van der Waals surface area contributed by atoms with Crippen LogP contribution in [0.2, 0.25) is 0 Å². The van der Waals surface area contributed by atoms with E-state index in [1.807, 2.05) is 12.1 Å². The molecule has 0 radical (unpaired) electrons. The molecule has 1 aromatic carbocycles. The smallest absolute Gasteiger partial charge is 0.253 e. The lowest BCUT2D eigenvalue weighted by Crippen LogP contribution is -2.28. The molecule has 1 saturated carbocycles. The Bertz CT molecular complexity index is 566. The van der Waals surface area contributed by atoms with Crippen molar-refractivity contribution in [2.45, 2.75) is 32.1 Å². The van der Waals surface area contributed by atoms with Gasteiger partial charge in [-0.25, -0.2) is 0 Å². The molecule has 4 nitrogen and oxygen atoms in total. The summed E-state index contributed by atoms with van der Waals surface area (Å²) in [5.74, 6) is 1.77. The lowest BCUT2D eigenvalue weighted by atomic mass is 10.1. The highest BCUT2D eigenvalue weighted by molar-refractivity contribution is 5.99. The Hall–Kier alpha value is -1.62. The predicted molar refractivity (Wildman–Crippen MR) is 94.8 cm³/mol. The number of carbonyl (C=O) groups is 1. The van der Waals surface area contributed by atoms with Crippen LogP contribution in [-0.2, 0) is 6.42 Å². The maximum absolute atomic E-state index is 12.2. The lowest BCUT2D eigenvalue weighted by Gasteiger charge is -2.20. The number of carbonyl (C=O) groups excluding carboxylic acids is 1. The van der Waals surface area contributed by atoms with Crippen LogP contribution >= 0.6 is 0 Å². The summed E-state index contributed by atoms with van der Waals surface area (Å²) >= 11 is 0. The Morgan fingerprint density at radius 3 is 2.75 bits per heavy atom. The van der Waals surface area contributed by atoms with Gasteiger partial charge in [-0.05, 0) is 74.7 Å². The van der Waals surface area contributed by atoms with Crippen molar-refractivity contribution in [2.24, 2.45) is 11.8 Å². The summed E-state index contributed by atoms with van der Waals surface area (Å²) in [6.07, 6.45) is 5.40. The average molecular weight is 333 g/mol. The van der Waals surface area contributed by atoms with Gasteiger partial charge in [0, 0.05) is 18.8 Å². The number of hydrogen-bond acceptors (Lipinski definition) is 3. The molecule has 3 N–H and O–H groups in total. The van der Waals surface area contributed by atoms with E-state index >= 15 is 0 Å². The number of likely N-dealkylation sites (tertiary alicyclic amines) is 1. The fourth-order valence-electron chi connectivity index (χ4n) is 3.66. The molecular weight excluding hydrogens is 305 g/mol. The predicted octanol–water partition coefficient (Wildman–Crippen LogP) is 2.63. The van der Waals surface area contributed by atoms with Crippen molar-refractivity contribution in [2.75, 3.05) is 38.6 Å². The quantitative estimate of drug-likeness (QED) is 0.596. The molecule has 0 bridgehead atoms. The van der Waals surface area contributed by atoms with Crippen LogP contribution in [0.5, 0.6) is 0 Å². The molecule has 1 amide bonds. The molecule has 3 rings (SSSR count). The van der Waals surface area contributed by atoms with Gasteiger partial charge in [-0.3, -0.25) is 9.18 Å². The minimum atomic E-state index is -0.423. The van der Waals surface area contributed by atoms with E-state index in [0.717, 1.165) is 30.4 Å². The number of alkyl halides is 1. The van der Waals surface area contributed by atoms with E-state index in [4.69, 9.17) is 5.73 Å². The van der Waals surface area contributed by atoms with Crippen LogP contribution in [0.4, 0.5) is 10.1 Å². The van der Waals surface area contributed by atoms with Gasteiger partial charge in [0.25, 0.3) is 5.91 Å². The third-order valence-electron chi connectivity index (χ3n) is 5.38. The number of benzene rings is 1. The second kappa shape index (κ2) is 7.97. The van der Waals surface area contributed by atoms with Crippen LogP contribution in [-0.4, -0.2) is 43.7 Å². The van der Waals surface area contributed by atoms with E-state index in [-0.39, 0.29) is 5.91 Å². The van der Waals surface area contributed by atoms with Crippen LogP contribution in [0, 0.1) is 11.8 Å². The van der Waals surface area contributed by atoms with Crippen molar-refractivity contribution >= 4 is 11.6 Å². The van der Waals surface area contributed by atoms with Gasteiger partial charge < -0.3 is 16.0 Å². The van der Waals surface area contributed by atoms with E-state index in [1.165, 1.54) is 32.4 Å². The molecule has 1 aromatic rings. The number of anilines is 1. The number of nitrogens with zero attached hydrogens (tertiary/aromatic N) is 1. The molecule has 1 saturated heterocycles. The van der Waals surface area contributed by atoms with Gasteiger partial charge in [-0.15, -0.1) is 0 Å². The first-order chi connectivity index (χ1) is 11.7. The van der Waals surface area contributed by atoms with Crippen LogP contribution in [0.25, 0.3) is 0 Å². The van der Waals surface area contributed by atoms with Crippen LogP contribution in [0.1, 0.15) is 41.6 Å². The Kier molecular flexibility index (Phi) is 5.72. The normalized spacial score (nSPS) is 23.4. The Morgan fingerprint density at radius 2 is 2.04 bits per heavy atom. The Labute approximate surface area is 143 Å². The van der Waals surface area contributed by atoms with Gasteiger partial charge in [0.15, 0.2) is 0 Å². The van der Waals surface area contributed by atoms with Crippen molar-refractivity contribution in [3.05, 3.63) is 29.3 Å². The standard InChI is InChI=1S/C19H28FN3O/c20-7-1-8-22-19(24)17-12-14(2-3-18(17)21)4-9-23-10-5-15-13-16(15)6-11-23/h2-3,12,15-16H,1,4-11,13,21H2,(H,22,24)/t15-,16+. The van der Waals surface area contributed by atoms with Gasteiger partial charge in [-0.1, -0.05) is 6.07 Å². The molecule has 2 atom stereocenters. The van der Waals surface area contributed by atoms with E-state index in [1.54, 1.807) is 6.07 Å². The first kappa shape index (κ1) is 17.2. The Balaban J connectivity index is 1.53. The monoisotopic (exact) mass is 333 g/mol. The molecule has 0 spiro atoms. The number of nitrogens with two attached hydrogens (primary N) is 1. The van der Waals surface area contributed by atoms with Crippen molar-refractivity contribution in [1.29, 1.82) is 0 Å². The van der Waals surface area contributed by atoms with Crippen LogP contribution < -0.4 is 11.1 Å². The highest BCUT2D eigenvalue weighted by Gasteiger charge is 2.38. The Morgan fingerprint density at radius 1 is 1.29 bits per heavy atom. The minimum absolute atomic E-state index is 0.210. The molecule has 0 unspecified atom stereocenters. The van der Waals surface area contributed by atoms with Crippen molar-refractivity contribution in [3.8, 4) is 0 Å². The topological polar surface area (TPSA) is 58.4 Å². The molecule has 24 heavy (non-hydrogen) atoms. The van der Waals surface area contributed by atoms with Gasteiger partial charge >= 0.3 is 0 Å². The van der Waals surface area contributed by atoms with E-state index in [2.05, 4.69) is 10.2 Å². The molecule has 2 fully saturated rings. The number of hydrogen-bond donors (Lipinski definition) is 2. The highest BCUT2D eigenvalue weighted by atomic mass is 19.1. The second-order valence-electron chi connectivity index (χ2n) is 7.14. The van der Waals surface area contributed by atoms with E-state index < -0.39 is 6.67 Å². The summed E-state index contributed by atoms with van der Waals surface area (Å²) in [5.41, 5.74) is 8.04. The zero-order chi connectivity index (χ0) is 16.9. The molecular formula is C19H28FN3O. The SMILES string of the molecule is Nc1ccc(CCN2CC[C@@H]3C[C@@H]3CC2)cc1C(=O)NCCCF. The van der Waals surface area contributed by atoms with Gasteiger partial charge in [0.05, 0.1) is 12.2 Å². The van der Waals surface area contributed by atoms with Gasteiger partial charge in [-0.2, -0.15) is 0 Å². The fraction of sp³-hybridized carbons (Fsp3) is 0.632. The molecule has 1 aliphatic carbocycles. The van der Waals surface area contributed by atoms with E-state index in [9.17, 15) is 9.18 Å². The van der Waals surface area contributed by atoms with Crippen molar-refractivity contribution in [3.63, 3.8) is 0 Å². The third-order valence-corrected chi connectivity index (χ3v) is 5.38. The second-order valence-corrected chi connectivity index (χ2v) is 7.14. The molecule has 5 heteroatoms. The summed E-state index contributed by atoms with van der Waals surface area (Å²) < 4.78 is 12.1. The number of nitrogen functional groups attached to an aromatic ring is 1. The number of amides is 1. The van der Waals surface area contributed by atoms with E-state index in [0.29, 0.717) is 24.2 Å². The minimum Gasteiger partial charge on any atom is -0.398 e. The first-order valence-electron chi connectivity index (χ1n) is 9.12. The average Bonchev–Trinajstić information content (AvgIpc) is 3.34. The number of halogens is 1. The zero-order valence-corrected chi connectivity index (χ0v) is 14.3.